The van der Waals surface area contributed by atoms with Crippen LogP contribution in [0.2, 0.25) is 0 Å². The molecule has 0 radical (unpaired) electrons. The molecule has 1 aromatic carbocycles. The van der Waals surface area contributed by atoms with E-state index in [4.69, 9.17) is 4.74 Å². The van der Waals surface area contributed by atoms with Gasteiger partial charge in [-0.15, -0.1) is 0 Å². The van der Waals surface area contributed by atoms with Crippen molar-refractivity contribution in [2.45, 2.75) is 26.0 Å². The summed E-state index contributed by atoms with van der Waals surface area (Å²) in [5.41, 5.74) is -0.0974. The standard InChI is InChI=1S/C14H16F2N2O3/c1-8-9(2)21-4-3-18(8)14(20)13(19)17-12-6-10(15)5-11(16)7-12/h5-9H,3-4H2,1-2H3,(H,17,19)/t8-,9+/m1/s1. The number of carbonyl (C=O) groups excluding carboxylic acids is 2. The predicted octanol–water partition coefficient (Wildman–Crippen LogP) is 1.54. The summed E-state index contributed by atoms with van der Waals surface area (Å²) in [6.07, 6.45) is -0.179. The molecule has 0 aliphatic carbocycles. The van der Waals surface area contributed by atoms with Crippen LogP contribution in [0, 0.1) is 11.6 Å². The first kappa shape index (κ1) is 15.4. The van der Waals surface area contributed by atoms with Crippen LogP contribution in [0.1, 0.15) is 13.8 Å². The fraction of sp³-hybridized carbons (Fsp3) is 0.429. The van der Waals surface area contributed by atoms with Crippen LogP contribution in [0.5, 0.6) is 0 Å². The lowest BCUT2D eigenvalue weighted by Crippen LogP contribution is -2.54. The number of anilines is 1. The summed E-state index contributed by atoms with van der Waals surface area (Å²) in [6.45, 7) is 4.23. The third-order valence-corrected chi connectivity index (χ3v) is 3.46. The second kappa shape index (κ2) is 6.17. The number of hydrogen-bond acceptors (Lipinski definition) is 3. The van der Waals surface area contributed by atoms with Crippen LogP contribution in [0.15, 0.2) is 18.2 Å². The molecule has 0 spiro atoms. The first-order valence-corrected chi connectivity index (χ1v) is 6.58. The van der Waals surface area contributed by atoms with E-state index < -0.39 is 23.4 Å². The first-order chi connectivity index (χ1) is 9.88. The molecule has 1 fully saturated rings. The van der Waals surface area contributed by atoms with Crippen LogP contribution in [-0.4, -0.2) is 42.0 Å². The zero-order valence-electron chi connectivity index (χ0n) is 11.7. The zero-order valence-corrected chi connectivity index (χ0v) is 11.7. The zero-order chi connectivity index (χ0) is 15.6. The second-order valence-electron chi connectivity index (χ2n) is 4.93. The molecule has 114 valence electrons. The number of carbonyl (C=O) groups is 2. The van der Waals surface area contributed by atoms with Crippen LogP contribution in [-0.2, 0) is 14.3 Å². The highest BCUT2D eigenvalue weighted by molar-refractivity contribution is 6.39. The van der Waals surface area contributed by atoms with E-state index in [1.165, 1.54) is 4.90 Å². The van der Waals surface area contributed by atoms with Crippen LogP contribution >= 0.6 is 0 Å². The quantitative estimate of drug-likeness (QED) is 0.800. The van der Waals surface area contributed by atoms with E-state index in [1.807, 2.05) is 6.92 Å². The smallest absolute Gasteiger partial charge is 0.313 e. The van der Waals surface area contributed by atoms with Gasteiger partial charge >= 0.3 is 11.8 Å². The van der Waals surface area contributed by atoms with Crippen LogP contribution in [0.4, 0.5) is 14.5 Å². The molecule has 1 aliphatic rings. The molecule has 2 amide bonds. The number of rotatable bonds is 1. The summed E-state index contributed by atoms with van der Waals surface area (Å²) in [5, 5.41) is 2.21. The molecule has 1 N–H and O–H groups in total. The normalized spacial score (nSPS) is 22.0. The number of nitrogens with zero attached hydrogens (tertiary/aromatic N) is 1. The minimum Gasteiger partial charge on any atom is -0.375 e. The number of morpholine rings is 1. The van der Waals surface area contributed by atoms with Gasteiger partial charge in [-0.25, -0.2) is 8.78 Å². The third kappa shape index (κ3) is 3.55. The topological polar surface area (TPSA) is 58.6 Å². The molecule has 0 saturated carbocycles. The van der Waals surface area contributed by atoms with Crippen LogP contribution in [0.3, 0.4) is 0 Å². The molecule has 21 heavy (non-hydrogen) atoms. The Morgan fingerprint density at radius 1 is 1.24 bits per heavy atom. The lowest BCUT2D eigenvalue weighted by molar-refractivity contribution is -0.152. The monoisotopic (exact) mass is 298 g/mol. The maximum atomic E-state index is 13.0. The van der Waals surface area contributed by atoms with E-state index >= 15 is 0 Å². The van der Waals surface area contributed by atoms with Gasteiger partial charge in [-0.1, -0.05) is 0 Å². The molecule has 0 bridgehead atoms. The van der Waals surface area contributed by atoms with Gasteiger partial charge in [0.15, 0.2) is 0 Å². The van der Waals surface area contributed by atoms with Crippen molar-refractivity contribution in [3.8, 4) is 0 Å². The molecular weight excluding hydrogens is 282 g/mol. The molecule has 1 aromatic rings. The molecular formula is C14H16F2N2O3. The van der Waals surface area contributed by atoms with Crippen molar-refractivity contribution in [3.05, 3.63) is 29.8 Å². The summed E-state index contributed by atoms with van der Waals surface area (Å²) in [5.74, 6) is -3.33. The Labute approximate surface area is 120 Å². The Morgan fingerprint density at radius 3 is 2.48 bits per heavy atom. The van der Waals surface area contributed by atoms with Gasteiger partial charge in [0.25, 0.3) is 0 Å². The van der Waals surface area contributed by atoms with E-state index in [2.05, 4.69) is 5.32 Å². The van der Waals surface area contributed by atoms with Crippen molar-refractivity contribution in [1.29, 1.82) is 0 Å². The molecule has 1 heterocycles. The van der Waals surface area contributed by atoms with Crippen LogP contribution < -0.4 is 5.32 Å². The van der Waals surface area contributed by atoms with E-state index in [9.17, 15) is 18.4 Å². The summed E-state index contributed by atoms with van der Waals surface area (Å²) in [4.78, 5) is 25.4. The molecule has 7 heteroatoms. The van der Waals surface area contributed by atoms with Crippen molar-refractivity contribution < 1.29 is 23.1 Å². The van der Waals surface area contributed by atoms with Crippen molar-refractivity contribution in [2.75, 3.05) is 18.5 Å². The van der Waals surface area contributed by atoms with Gasteiger partial charge in [-0.05, 0) is 26.0 Å². The summed E-state index contributed by atoms with van der Waals surface area (Å²) in [7, 11) is 0. The molecule has 1 aliphatic heterocycles. The fourth-order valence-corrected chi connectivity index (χ4v) is 2.16. The molecule has 0 aromatic heterocycles. The number of hydrogen-bond donors (Lipinski definition) is 1. The number of amides is 2. The number of halogens is 2. The average Bonchev–Trinajstić information content (AvgIpc) is 2.40. The third-order valence-electron chi connectivity index (χ3n) is 3.46. The Balaban J connectivity index is 2.07. The highest BCUT2D eigenvalue weighted by Crippen LogP contribution is 2.16. The van der Waals surface area contributed by atoms with E-state index in [0.717, 1.165) is 12.1 Å². The fourth-order valence-electron chi connectivity index (χ4n) is 2.16. The Morgan fingerprint density at radius 2 is 1.86 bits per heavy atom. The molecule has 0 unspecified atom stereocenters. The summed E-state index contributed by atoms with van der Waals surface area (Å²) < 4.78 is 31.5. The Hall–Kier alpha value is -2.02. The van der Waals surface area contributed by atoms with Crippen molar-refractivity contribution in [3.63, 3.8) is 0 Å². The number of nitrogens with one attached hydrogen (secondary N) is 1. The van der Waals surface area contributed by atoms with Crippen molar-refractivity contribution in [1.82, 2.24) is 4.90 Å². The number of ether oxygens (including phenoxy) is 1. The average molecular weight is 298 g/mol. The lowest BCUT2D eigenvalue weighted by Gasteiger charge is -2.37. The van der Waals surface area contributed by atoms with E-state index in [-0.39, 0.29) is 17.8 Å². The molecule has 5 nitrogen and oxygen atoms in total. The molecule has 1 saturated heterocycles. The maximum absolute atomic E-state index is 13.0. The lowest BCUT2D eigenvalue weighted by atomic mass is 10.1. The summed E-state index contributed by atoms with van der Waals surface area (Å²) in [6, 6.07) is 2.32. The highest BCUT2D eigenvalue weighted by Gasteiger charge is 2.32. The van der Waals surface area contributed by atoms with Crippen molar-refractivity contribution in [2.24, 2.45) is 0 Å². The van der Waals surface area contributed by atoms with Gasteiger partial charge in [0.1, 0.15) is 11.6 Å². The van der Waals surface area contributed by atoms with E-state index in [0.29, 0.717) is 19.2 Å². The number of benzene rings is 1. The largest absolute Gasteiger partial charge is 0.375 e. The van der Waals surface area contributed by atoms with Gasteiger partial charge in [0.05, 0.1) is 18.8 Å². The Kier molecular flexibility index (Phi) is 4.52. The summed E-state index contributed by atoms with van der Waals surface area (Å²) >= 11 is 0. The van der Waals surface area contributed by atoms with Gasteiger partial charge in [0.2, 0.25) is 0 Å². The first-order valence-electron chi connectivity index (χ1n) is 6.58. The van der Waals surface area contributed by atoms with Crippen LogP contribution in [0.25, 0.3) is 0 Å². The highest BCUT2D eigenvalue weighted by atomic mass is 19.1. The van der Waals surface area contributed by atoms with Gasteiger partial charge < -0.3 is 15.0 Å². The van der Waals surface area contributed by atoms with Gasteiger partial charge in [-0.2, -0.15) is 0 Å². The van der Waals surface area contributed by atoms with Gasteiger partial charge in [0, 0.05) is 18.3 Å². The van der Waals surface area contributed by atoms with Gasteiger partial charge in [-0.3, -0.25) is 9.59 Å². The second-order valence-corrected chi connectivity index (χ2v) is 4.93. The maximum Gasteiger partial charge on any atom is 0.313 e. The molecule has 2 atom stereocenters. The molecule has 2 rings (SSSR count). The predicted molar refractivity (Wildman–Crippen MR) is 71.6 cm³/mol. The SMILES string of the molecule is C[C@@H]1OCCN(C(=O)C(=O)Nc2cc(F)cc(F)c2)[C@@H]1C. The minimum atomic E-state index is -0.930. The Bertz CT molecular complexity index is 545. The van der Waals surface area contributed by atoms with E-state index in [1.54, 1.807) is 6.92 Å². The van der Waals surface area contributed by atoms with Crippen molar-refractivity contribution >= 4 is 17.5 Å². The minimum absolute atomic E-state index is 0.0974.